The number of hydrogen-bond donors (Lipinski definition) is 1. The first-order valence-corrected chi connectivity index (χ1v) is 12.0. The summed E-state index contributed by atoms with van der Waals surface area (Å²) >= 11 is 0. The zero-order valence-electron chi connectivity index (χ0n) is 15.3. The quantitative estimate of drug-likeness (QED) is 0.747. The number of nitrogens with one attached hydrogen (secondary N) is 1. The Hall–Kier alpha value is -1.91. The van der Waals surface area contributed by atoms with E-state index in [-0.39, 0.29) is 4.90 Å². The van der Waals surface area contributed by atoms with E-state index >= 15 is 0 Å². The summed E-state index contributed by atoms with van der Waals surface area (Å²) < 4.78 is 93.8. The van der Waals surface area contributed by atoms with Crippen LogP contribution in [0.25, 0.3) is 0 Å². The molecule has 10 heteroatoms. The molecule has 29 heavy (non-hydrogen) atoms. The van der Waals surface area contributed by atoms with Gasteiger partial charge in [0.15, 0.2) is 0 Å². The van der Waals surface area contributed by atoms with Gasteiger partial charge in [0.1, 0.15) is 0 Å². The zero-order valence-corrected chi connectivity index (χ0v) is 16.9. The zero-order chi connectivity index (χ0) is 21.3. The lowest BCUT2D eigenvalue weighted by molar-refractivity contribution is -0.139. The standard InChI is InChI=1S/C19H20F3NO4S2/c20-19(21,22)17-12-11-16(28(24,25)15-9-5-2-6-10-15)13-18(17)29(26,27)23-14-7-3-1-4-8-14/h2,5-6,9-14,23H,1,3-4,7-8H2. The molecule has 1 saturated carbocycles. The second kappa shape index (κ2) is 8.08. The largest absolute Gasteiger partial charge is 0.417 e. The molecule has 0 spiro atoms. The number of sulfone groups is 1. The fourth-order valence-electron chi connectivity index (χ4n) is 3.37. The minimum atomic E-state index is -4.95. The number of hydrogen-bond acceptors (Lipinski definition) is 4. The van der Waals surface area contributed by atoms with E-state index in [0.29, 0.717) is 25.0 Å². The normalized spacial score (nSPS) is 16.7. The van der Waals surface area contributed by atoms with Crippen LogP contribution in [0.2, 0.25) is 0 Å². The topological polar surface area (TPSA) is 80.3 Å². The van der Waals surface area contributed by atoms with E-state index in [4.69, 9.17) is 0 Å². The molecule has 0 aliphatic heterocycles. The van der Waals surface area contributed by atoms with E-state index < -0.39 is 47.4 Å². The summed E-state index contributed by atoms with van der Waals surface area (Å²) in [5.74, 6) is 0. The Balaban J connectivity index is 2.10. The van der Waals surface area contributed by atoms with Gasteiger partial charge >= 0.3 is 6.18 Å². The maximum atomic E-state index is 13.5. The van der Waals surface area contributed by atoms with Crippen LogP contribution in [0.1, 0.15) is 37.7 Å². The number of alkyl halides is 3. The molecule has 3 rings (SSSR count). The lowest BCUT2D eigenvalue weighted by atomic mass is 9.96. The molecule has 158 valence electrons. The maximum absolute atomic E-state index is 13.5. The average Bonchev–Trinajstić information content (AvgIpc) is 2.68. The average molecular weight is 448 g/mol. The van der Waals surface area contributed by atoms with Crippen molar-refractivity contribution in [2.24, 2.45) is 0 Å². The summed E-state index contributed by atoms with van der Waals surface area (Å²) in [5.41, 5.74) is -1.40. The first-order valence-electron chi connectivity index (χ1n) is 9.05. The van der Waals surface area contributed by atoms with Crippen molar-refractivity contribution in [3.63, 3.8) is 0 Å². The minimum absolute atomic E-state index is 0.136. The molecule has 1 aliphatic carbocycles. The summed E-state index contributed by atoms with van der Waals surface area (Å²) in [5, 5.41) is 0. The molecule has 0 heterocycles. The van der Waals surface area contributed by atoms with E-state index in [9.17, 15) is 30.0 Å². The van der Waals surface area contributed by atoms with Crippen molar-refractivity contribution in [2.75, 3.05) is 0 Å². The first kappa shape index (κ1) is 21.8. The summed E-state index contributed by atoms with van der Waals surface area (Å²) in [6, 6.07) is 8.54. The number of halogens is 3. The molecule has 5 nitrogen and oxygen atoms in total. The van der Waals surface area contributed by atoms with Crippen LogP contribution < -0.4 is 4.72 Å². The highest BCUT2D eigenvalue weighted by atomic mass is 32.2. The Kier molecular flexibility index (Phi) is 6.07. The molecule has 0 radical (unpaired) electrons. The van der Waals surface area contributed by atoms with Crippen molar-refractivity contribution < 1.29 is 30.0 Å². The SMILES string of the molecule is O=S(=O)(NC1CCCCC1)c1cc(S(=O)(=O)c2ccccc2)ccc1C(F)(F)F. The van der Waals surface area contributed by atoms with Gasteiger partial charge in [0.2, 0.25) is 19.9 Å². The third-order valence-electron chi connectivity index (χ3n) is 4.84. The molecule has 0 saturated heterocycles. The lowest BCUT2D eigenvalue weighted by Gasteiger charge is -2.24. The molecular formula is C19H20F3NO4S2. The fourth-order valence-corrected chi connectivity index (χ4v) is 6.30. The van der Waals surface area contributed by atoms with Gasteiger partial charge in [-0.05, 0) is 43.2 Å². The summed E-state index contributed by atoms with van der Waals surface area (Å²) in [6.07, 6.45) is -1.39. The van der Waals surface area contributed by atoms with E-state index in [1.54, 1.807) is 6.07 Å². The highest BCUT2D eigenvalue weighted by Crippen LogP contribution is 2.36. The Morgan fingerprint density at radius 2 is 1.45 bits per heavy atom. The minimum Gasteiger partial charge on any atom is -0.219 e. The fraction of sp³-hybridized carbons (Fsp3) is 0.368. The molecule has 0 aromatic heterocycles. The Labute approximate surface area is 167 Å². The predicted molar refractivity (Wildman–Crippen MR) is 101 cm³/mol. The van der Waals surface area contributed by atoms with Crippen LogP contribution in [0.4, 0.5) is 13.2 Å². The molecular weight excluding hydrogens is 427 g/mol. The maximum Gasteiger partial charge on any atom is 0.417 e. The first-order chi connectivity index (χ1) is 13.5. The third-order valence-corrected chi connectivity index (χ3v) is 8.17. The van der Waals surface area contributed by atoms with Gasteiger partial charge in [0.05, 0.1) is 20.2 Å². The van der Waals surface area contributed by atoms with Crippen LogP contribution in [0.5, 0.6) is 0 Å². The second-order valence-corrected chi connectivity index (χ2v) is 10.6. The van der Waals surface area contributed by atoms with Crippen molar-refractivity contribution in [1.82, 2.24) is 4.72 Å². The Morgan fingerprint density at radius 3 is 2.03 bits per heavy atom. The molecule has 0 atom stereocenters. The van der Waals surface area contributed by atoms with Gasteiger partial charge in [-0.15, -0.1) is 0 Å². The molecule has 0 amide bonds. The third kappa shape index (κ3) is 4.81. The van der Waals surface area contributed by atoms with Crippen LogP contribution in [0.3, 0.4) is 0 Å². The van der Waals surface area contributed by atoms with Gasteiger partial charge in [-0.25, -0.2) is 21.6 Å². The van der Waals surface area contributed by atoms with Gasteiger partial charge in [-0.2, -0.15) is 13.2 Å². The molecule has 0 unspecified atom stereocenters. The van der Waals surface area contributed by atoms with Crippen molar-refractivity contribution in [3.8, 4) is 0 Å². The lowest BCUT2D eigenvalue weighted by Crippen LogP contribution is -2.37. The number of sulfonamides is 1. The van der Waals surface area contributed by atoms with Crippen molar-refractivity contribution >= 4 is 19.9 Å². The van der Waals surface area contributed by atoms with Crippen LogP contribution >= 0.6 is 0 Å². The van der Waals surface area contributed by atoms with E-state index in [2.05, 4.69) is 4.72 Å². The molecule has 2 aromatic rings. The van der Waals surface area contributed by atoms with E-state index in [1.807, 2.05) is 0 Å². The van der Waals surface area contributed by atoms with Crippen molar-refractivity contribution in [2.45, 2.75) is 59.0 Å². The Morgan fingerprint density at radius 1 is 0.828 bits per heavy atom. The molecule has 1 aliphatic rings. The van der Waals surface area contributed by atoms with Gasteiger partial charge < -0.3 is 0 Å². The molecule has 0 bridgehead atoms. The molecule has 2 aromatic carbocycles. The smallest absolute Gasteiger partial charge is 0.219 e. The molecule has 1 N–H and O–H groups in total. The Bertz CT molecular complexity index is 1080. The summed E-state index contributed by atoms with van der Waals surface area (Å²) in [4.78, 5) is -1.73. The molecule has 1 fully saturated rings. The van der Waals surface area contributed by atoms with Crippen LogP contribution in [-0.4, -0.2) is 22.9 Å². The van der Waals surface area contributed by atoms with Gasteiger partial charge in [0.25, 0.3) is 0 Å². The van der Waals surface area contributed by atoms with Gasteiger partial charge in [-0.1, -0.05) is 37.5 Å². The highest BCUT2D eigenvalue weighted by Gasteiger charge is 2.39. The van der Waals surface area contributed by atoms with E-state index in [1.165, 1.54) is 24.3 Å². The predicted octanol–water partition coefficient (Wildman–Crippen LogP) is 4.15. The van der Waals surface area contributed by atoms with Gasteiger partial charge in [-0.3, -0.25) is 0 Å². The second-order valence-electron chi connectivity index (χ2n) is 6.93. The number of rotatable bonds is 5. The number of benzene rings is 2. The monoisotopic (exact) mass is 447 g/mol. The highest BCUT2D eigenvalue weighted by molar-refractivity contribution is 7.91. The van der Waals surface area contributed by atoms with Crippen LogP contribution in [0, 0.1) is 0 Å². The van der Waals surface area contributed by atoms with Crippen molar-refractivity contribution in [1.29, 1.82) is 0 Å². The summed E-state index contributed by atoms with van der Waals surface area (Å²) in [7, 11) is -8.75. The van der Waals surface area contributed by atoms with Crippen LogP contribution in [-0.2, 0) is 26.0 Å². The summed E-state index contributed by atoms with van der Waals surface area (Å²) in [6.45, 7) is 0. The van der Waals surface area contributed by atoms with Gasteiger partial charge in [0, 0.05) is 6.04 Å². The van der Waals surface area contributed by atoms with Crippen molar-refractivity contribution in [3.05, 3.63) is 54.1 Å². The van der Waals surface area contributed by atoms with E-state index in [0.717, 1.165) is 25.3 Å². The van der Waals surface area contributed by atoms with Crippen LogP contribution in [0.15, 0.2) is 63.2 Å².